The highest BCUT2D eigenvalue weighted by Gasteiger charge is 2.58. The van der Waals surface area contributed by atoms with Crippen molar-refractivity contribution in [1.82, 2.24) is 19.5 Å². The second kappa shape index (κ2) is 7.09. The molecule has 0 aliphatic carbocycles. The van der Waals surface area contributed by atoms with Crippen LogP contribution in [0.25, 0.3) is 11.2 Å². The smallest absolute Gasteiger partial charge is 0.255 e. The average molecular weight is 376 g/mol. The summed E-state index contributed by atoms with van der Waals surface area (Å²) >= 11 is 0. The normalized spacial score (nSPS) is 27.5. The number of fused-ring (bicyclic) bond motifs is 1. The number of amides is 1. The molecular weight excluding hydrogens is 356 g/mol. The zero-order valence-corrected chi connectivity index (χ0v) is 14.5. The highest BCUT2D eigenvalue weighted by Crippen LogP contribution is 2.38. The summed E-state index contributed by atoms with van der Waals surface area (Å²) < 4.78 is 6.76. The predicted molar refractivity (Wildman–Crippen MR) is 92.7 cm³/mol. The first-order valence-corrected chi connectivity index (χ1v) is 8.29. The van der Waals surface area contributed by atoms with E-state index in [1.807, 2.05) is 6.92 Å². The Hall–Kier alpha value is -2.78. The van der Waals surface area contributed by atoms with Gasteiger partial charge in [-0.05, 0) is 12.3 Å². The number of aliphatic hydroxyl groups excluding tert-OH is 3. The number of rotatable bonds is 4. The first-order chi connectivity index (χ1) is 12.9. The molecule has 0 unspecified atom stereocenters. The fraction of sp³-hybridized carbons (Fsp3) is 0.500. The topological polar surface area (TPSA) is 183 Å². The van der Waals surface area contributed by atoms with Crippen molar-refractivity contribution in [2.75, 3.05) is 12.3 Å². The second-order valence-corrected chi connectivity index (χ2v) is 6.16. The highest BCUT2D eigenvalue weighted by molar-refractivity contribution is 5.85. The molecule has 0 bridgehead atoms. The number of nitrogen functional groups attached to an aromatic ring is 1. The van der Waals surface area contributed by atoms with Gasteiger partial charge in [-0.3, -0.25) is 9.36 Å². The molecule has 0 radical (unpaired) electrons. The lowest BCUT2D eigenvalue weighted by atomic mass is 9.95. The van der Waals surface area contributed by atoms with Crippen LogP contribution in [0.1, 0.15) is 31.8 Å². The summed E-state index contributed by atoms with van der Waals surface area (Å²) in [5.74, 6) is 4.82. The number of unbranched alkanes of at least 4 members (excludes halogenated alkanes) is 1. The van der Waals surface area contributed by atoms with Gasteiger partial charge in [-0.15, -0.1) is 0 Å². The van der Waals surface area contributed by atoms with Gasteiger partial charge in [0.25, 0.3) is 5.91 Å². The molecule has 2 aromatic rings. The molecule has 0 spiro atoms. The molecule has 2 aromatic heterocycles. The van der Waals surface area contributed by atoms with Gasteiger partial charge in [0.1, 0.15) is 17.7 Å². The van der Waals surface area contributed by atoms with Crippen molar-refractivity contribution in [1.29, 1.82) is 0 Å². The van der Waals surface area contributed by atoms with Gasteiger partial charge in [0.05, 0.1) is 12.9 Å². The molecule has 11 nitrogen and oxygen atoms in total. The number of carbonyl (C=O) groups is 1. The molecule has 144 valence electrons. The maximum Gasteiger partial charge on any atom is 0.255 e. The Kier molecular flexibility index (Phi) is 4.99. The summed E-state index contributed by atoms with van der Waals surface area (Å²) in [7, 11) is 0. The maximum absolute atomic E-state index is 11.7. The van der Waals surface area contributed by atoms with Gasteiger partial charge in [-0.1, -0.05) is 12.8 Å². The predicted octanol–water partition coefficient (Wildman–Crippen LogP) is -1.97. The average Bonchev–Trinajstić information content (AvgIpc) is 3.16. The summed E-state index contributed by atoms with van der Waals surface area (Å²) in [6.45, 7) is 1.08. The van der Waals surface area contributed by atoms with E-state index in [9.17, 15) is 20.1 Å². The Morgan fingerprint density at radius 2 is 2.19 bits per heavy atom. The van der Waals surface area contributed by atoms with Gasteiger partial charge in [0.2, 0.25) is 5.82 Å². The number of primary amides is 1. The van der Waals surface area contributed by atoms with Gasteiger partial charge in [-0.2, -0.15) is 0 Å². The molecular formula is C16H20N6O5. The molecule has 1 saturated heterocycles. The number of carbonyl (C=O) groups excluding carboxylic acids is 1. The molecule has 0 aromatic carbocycles. The summed E-state index contributed by atoms with van der Waals surface area (Å²) in [5, 5.41) is 30.1. The molecule has 1 aliphatic heterocycles. The first-order valence-electron chi connectivity index (χ1n) is 8.29. The summed E-state index contributed by atoms with van der Waals surface area (Å²) in [5.41, 5.74) is 9.44. The SMILES string of the molecule is CCCC#Cc1nc(N)c2ncn([C@@H]3O[C@@](CO)(C(N)=O)[C@@H](O)[C@H]3O)c2n1. The van der Waals surface area contributed by atoms with E-state index in [1.165, 1.54) is 10.9 Å². The highest BCUT2D eigenvalue weighted by atomic mass is 16.6. The lowest BCUT2D eigenvalue weighted by molar-refractivity contribution is -0.163. The fourth-order valence-corrected chi connectivity index (χ4v) is 2.87. The Balaban J connectivity index is 2.07. The van der Waals surface area contributed by atoms with Gasteiger partial charge in [0, 0.05) is 6.42 Å². The van der Waals surface area contributed by atoms with Crippen molar-refractivity contribution in [2.24, 2.45) is 5.73 Å². The molecule has 0 saturated carbocycles. The Bertz CT molecular complexity index is 935. The van der Waals surface area contributed by atoms with E-state index in [0.717, 1.165) is 6.42 Å². The molecule has 3 rings (SSSR count). The van der Waals surface area contributed by atoms with Crippen molar-refractivity contribution in [3.05, 3.63) is 12.2 Å². The van der Waals surface area contributed by atoms with Crippen LogP contribution in [0.2, 0.25) is 0 Å². The van der Waals surface area contributed by atoms with E-state index in [2.05, 4.69) is 26.8 Å². The monoisotopic (exact) mass is 376 g/mol. The number of anilines is 1. The largest absolute Gasteiger partial charge is 0.393 e. The van der Waals surface area contributed by atoms with E-state index in [1.54, 1.807) is 0 Å². The molecule has 7 N–H and O–H groups in total. The van der Waals surface area contributed by atoms with Crippen LogP contribution in [-0.4, -0.2) is 65.2 Å². The van der Waals surface area contributed by atoms with Crippen molar-refractivity contribution in [3.8, 4) is 11.8 Å². The minimum Gasteiger partial charge on any atom is -0.393 e. The number of ether oxygens (including phenoxy) is 1. The quantitative estimate of drug-likeness (QED) is 0.378. The van der Waals surface area contributed by atoms with Crippen molar-refractivity contribution in [3.63, 3.8) is 0 Å². The van der Waals surface area contributed by atoms with Crippen LogP contribution in [0.4, 0.5) is 5.82 Å². The zero-order valence-electron chi connectivity index (χ0n) is 14.5. The molecule has 3 heterocycles. The molecule has 11 heteroatoms. The van der Waals surface area contributed by atoms with Crippen LogP contribution in [-0.2, 0) is 9.53 Å². The Labute approximate surface area is 154 Å². The number of hydrogen-bond acceptors (Lipinski definition) is 9. The van der Waals surface area contributed by atoms with E-state index in [4.69, 9.17) is 16.2 Å². The third-order valence-corrected chi connectivity index (χ3v) is 4.37. The number of nitrogens with zero attached hydrogens (tertiary/aromatic N) is 4. The van der Waals surface area contributed by atoms with Crippen LogP contribution in [0, 0.1) is 11.8 Å². The lowest BCUT2D eigenvalue weighted by Crippen LogP contribution is -2.56. The summed E-state index contributed by atoms with van der Waals surface area (Å²) in [6.07, 6.45) is -1.80. The number of hydrogen-bond donors (Lipinski definition) is 5. The summed E-state index contributed by atoms with van der Waals surface area (Å²) in [4.78, 5) is 24.2. The van der Waals surface area contributed by atoms with Crippen LogP contribution in [0.15, 0.2) is 6.33 Å². The number of nitrogens with two attached hydrogens (primary N) is 2. The number of imidazole rings is 1. The zero-order chi connectivity index (χ0) is 19.8. The van der Waals surface area contributed by atoms with E-state index in [-0.39, 0.29) is 22.8 Å². The van der Waals surface area contributed by atoms with Gasteiger partial charge < -0.3 is 31.5 Å². The van der Waals surface area contributed by atoms with Crippen molar-refractivity contribution >= 4 is 22.9 Å². The van der Waals surface area contributed by atoms with Crippen molar-refractivity contribution in [2.45, 2.75) is 43.8 Å². The molecule has 1 aliphatic rings. The van der Waals surface area contributed by atoms with Crippen LogP contribution in [0.3, 0.4) is 0 Å². The van der Waals surface area contributed by atoms with Gasteiger partial charge in [-0.25, -0.2) is 15.0 Å². The van der Waals surface area contributed by atoms with Crippen molar-refractivity contribution < 1.29 is 24.9 Å². The molecule has 1 amide bonds. The van der Waals surface area contributed by atoms with E-state index >= 15 is 0 Å². The second-order valence-electron chi connectivity index (χ2n) is 6.16. The Morgan fingerprint density at radius 3 is 2.78 bits per heavy atom. The number of aliphatic hydroxyl groups is 3. The number of aromatic nitrogens is 4. The van der Waals surface area contributed by atoms with E-state index < -0.39 is 36.6 Å². The van der Waals surface area contributed by atoms with Crippen LogP contribution >= 0.6 is 0 Å². The third kappa shape index (κ3) is 2.98. The summed E-state index contributed by atoms with van der Waals surface area (Å²) in [6, 6.07) is 0. The maximum atomic E-state index is 11.7. The standard InChI is InChI=1S/C16H20N6O5/c1-2-3-4-5-8-20-12(17)9-13(21-8)22(7-19-9)14-10(24)11(25)16(6-23,27-14)15(18)26/h7,10-11,14,23-25H,2-3,6H2,1H3,(H2,18,26)(H2,17,20,21)/t10-,11+,14-,16-/m1/s1. The van der Waals surface area contributed by atoms with E-state index in [0.29, 0.717) is 6.42 Å². The van der Waals surface area contributed by atoms with Crippen LogP contribution in [0.5, 0.6) is 0 Å². The van der Waals surface area contributed by atoms with Gasteiger partial charge >= 0.3 is 0 Å². The first kappa shape index (κ1) is 19.0. The molecule has 1 fully saturated rings. The molecule has 4 atom stereocenters. The minimum atomic E-state index is -2.15. The third-order valence-electron chi connectivity index (χ3n) is 4.37. The molecule has 27 heavy (non-hydrogen) atoms. The fourth-order valence-electron chi connectivity index (χ4n) is 2.87. The van der Waals surface area contributed by atoms with Gasteiger partial charge in [0.15, 0.2) is 23.3 Å². The lowest BCUT2D eigenvalue weighted by Gasteiger charge is -2.25. The Morgan fingerprint density at radius 1 is 1.44 bits per heavy atom. The minimum absolute atomic E-state index is 0.0795. The van der Waals surface area contributed by atoms with Crippen LogP contribution < -0.4 is 11.5 Å².